The number of carboxylic acid groups (broad SMARTS) is 1. The van der Waals surface area contributed by atoms with E-state index in [1.807, 2.05) is 0 Å². The number of aliphatic carboxylic acids is 1. The highest BCUT2D eigenvalue weighted by Crippen LogP contribution is 2.45. The molecule has 0 saturated carbocycles. The molecule has 0 bridgehead atoms. The Morgan fingerprint density at radius 1 is 0.921 bits per heavy atom. The molecular weight excluding hydrogens is 529 g/mol. The van der Waals surface area contributed by atoms with Gasteiger partial charge in [0.05, 0.1) is 16.7 Å². The van der Waals surface area contributed by atoms with Gasteiger partial charge >= 0.3 is 24.5 Å². The van der Waals surface area contributed by atoms with Gasteiger partial charge in [0, 0.05) is 24.2 Å². The Kier molecular flexibility index (Phi) is 8.26. The molecule has 3 nitrogen and oxygen atoms in total. The number of carbonyl (C=O) groups is 1. The van der Waals surface area contributed by atoms with E-state index in [1.54, 1.807) is 6.92 Å². The number of hydrogen-bond donors (Lipinski definition) is 1. The molecule has 208 valence electrons. The van der Waals surface area contributed by atoms with E-state index in [0.29, 0.717) is 23.8 Å². The first kappa shape index (κ1) is 29.5. The summed E-state index contributed by atoms with van der Waals surface area (Å²) in [5.74, 6) is -1.19. The molecule has 1 fully saturated rings. The largest absolute Gasteiger partial charge is 0.478 e. The lowest BCUT2D eigenvalue weighted by atomic mass is 9.85. The van der Waals surface area contributed by atoms with Gasteiger partial charge in [0.2, 0.25) is 0 Å². The third-order valence-electron chi connectivity index (χ3n) is 6.80. The molecular formula is C26H24F9NO2. The van der Waals surface area contributed by atoms with Crippen LogP contribution in [0.3, 0.4) is 0 Å². The van der Waals surface area contributed by atoms with Gasteiger partial charge in [0.25, 0.3) is 0 Å². The van der Waals surface area contributed by atoms with Gasteiger partial charge < -0.3 is 5.11 Å². The van der Waals surface area contributed by atoms with E-state index in [0.717, 1.165) is 24.3 Å². The Labute approximate surface area is 212 Å². The average molecular weight is 553 g/mol. The number of hydrogen-bond acceptors (Lipinski definition) is 2. The predicted octanol–water partition coefficient (Wildman–Crippen LogP) is 8.43. The van der Waals surface area contributed by atoms with Crippen molar-refractivity contribution in [1.82, 2.24) is 4.90 Å². The van der Waals surface area contributed by atoms with Gasteiger partial charge in [-0.25, -0.2) is 4.79 Å². The van der Waals surface area contributed by atoms with E-state index in [-0.39, 0.29) is 36.9 Å². The highest BCUT2D eigenvalue weighted by atomic mass is 19.4. The lowest BCUT2D eigenvalue weighted by Crippen LogP contribution is -2.37. The number of nitrogens with zero attached hydrogens (tertiary/aromatic N) is 1. The molecule has 1 saturated heterocycles. The molecule has 1 aliphatic rings. The number of alkyl halides is 9. The maximum absolute atomic E-state index is 13.8. The smallest absolute Gasteiger partial charge is 0.416 e. The van der Waals surface area contributed by atoms with Crippen molar-refractivity contribution < 1.29 is 49.4 Å². The molecule has 2 aromatic carbocycles. The summed E-state index contributed by atoms with van der Waals surface area (Å²) in [6.45, 7) is 2.89. The molecule has 1 heterocycles. The number of piperidine rings is 1. The van der Waals surface area contributed by atoms with Crippen LogP contribution in [0.1, 0.15) is 73.0 Å². The van der Waals surface area contributed by atoms with E-state index >= 15 is 0 Å². The summed E-state index contributed by atoms with van der Waals surface area (Å²) in [5.41, 5.74) is -3.28. The zero-order valence-corrected chi connectivity index (χ0v) is 20.2. The quantitative estimate of drug-likeness (QED) is 0.299. The van der Waals surface area contributed by atoms with Gasteiger partial charge in [-0.15, -0.1) is 0 Å². The second-order valence-corrected chi connectivity index (χ2v) is 9.04. The Hall–Kier alpha value is -3.02. The van der Waals surface area contributed by atoms with Gasteiger partial charge in [0.15, 0.2) is 0 Å². The Balaban J connectivity index is 2.15. The van der Waals surface area contributed by atoms with Crippen molar-refractivity contribution in [3.05, 3.63) is 81.4 Å². The Bertz CT molecular complexity index is 1200. The molecule has 2 atom stereocenters. The van der Waals surface area contributed by atoms with Crippen molar-refractivity contribution >= 4 is 5.97 Å². The van der Waals surface area contributed by atoms with Crippen LogP contribution in [-0.2, 0) is 23.3 Å². The third-order valence-corrected chi connectivity index (χ3v) is 6.80. The zero-order chi connectivity index (χ0) is 28.6. The fraction of sp³-hybridized carbons (Fsp3) is 0.423. The SMILES string of the molecule is CC/C(C(=O)O)=C1/CCN([C@@H](C)c2cc(C(F)(F)F)ccc2C(F)(F)F)[C@H](c2ccc(C(F)(F)F)cc2)C1. The topological polar surface area (TPSA) is 40.5 Å². The van der Waals surface area contributed by atoms with Gasteiger partial charge in [0.1, 0.15) is 0 Å². The first-order chi connectivity index (χ1) is 17.4. The van der Waals surface area contributed by atoms with Crippen LogP contribution in [0, 0.1) is 0 Å². The van der Waals surface area contributed by atoms with Gasteiger partial charge in [-0.1, -0.05) is 24.6 Å². The molecule has 0 aliphatic carbocycles. The lowest BCUT2D eigenvalue weighted by Gasteiger charge is -2.42. The van der Waals surface area contributed by atoms with Crippen LogP contribution < -0.4 is 0 Å². The number of rotatable bonds is 5. The summed E-state index contributed by atoms with van der Waals surface area (Å²) in [7, 11) is 0. The van der Waals surface area contributed by atoms with Crippen LogP contribution in [0.4, 0.5) is 39.5 Å². The normalized spacial score (nSPS) is 19.8. The van der Waals surface area contributed by atoms with Crippen molar-refractivity contribution in [2.75, 3.05) is 6.54 Å². The average Bonchev–Trinajstić information content (AvgIpc) is 2.82. The maximum atomic E-state index is 13.8. The molecule has 1 N–H and O–H groups in total. The van der Waals surface area contributed by atoms with Crippen molar-refractivity contribution in [2.45, 2.75) is 63.7 Å². The molecule has 2 aromatic rings. The first-order valence-electron chi connectivity index (χ1n) is 11.6. The molecule has 0 amide bonds. The molecule has 38 heavy (non-hydrogen) atoms. The van der Waals surface area contributed by atoms with Gasteiger partial charge in [-0.05, 0) is 67.6 Å². The summed E-state index contributed by atoms with van der Waals surface area (Å²) in [4.78, 5) is 13.2. The van der Waals surface area contributed by atoms with Crippen LogP contribution >= 0.6 is 0 Å². The molecule has 0 radical (unpaired) electrons. The minimum absolute atomic E-state index is 0.0213. The van der Waals surface area contributed by atoms with Crippen LogP contribution in [0.5, 0.6) is 0 Å². The van der Waals surface area contributed by atoms with Crippen molar-refractivity contribution in [3.8, 4) is 0 Å². The highest BCUT2D eigenvalue weighted by molar-refractivity contribution is 5.87. The fourth-order valence-corrected chi connectivity index (χ4v) is 4.89. The molecule has 0 unspecified atom stereocenters. The van der Waals surface area contributed by atoms with Crippen molar-refractivity contribution in [1.29, 1.82) is 0 Å². The molecule has 1 aliphatic heterocycles. The predicted molar refractivity (Wildman–Crippen MR) is 120 cm³/mol. The summed E-state index contributed by atoms with van der Waals surface area (Å²) < 4.78 is 121. The summed E-state index contributed by atoms with van der Waals surface area (Å²) >= 11 is 0. The van der Waals surface area contributed by atoms with Crippen LogP contribution in [0.2, 0.25) is 0 Å². The van der Waals surface area contributed by atoms with E-state index in [9.17, 15) is 49.4 Å². The second kappa shape index (κ2) is 10.6. The Morgan fingerprint density at radius 3 is 1.95 bits per heavy atom. The summed E-state index contributed by atoms with van der Waals surface area (Å²) in [6, 6.07) is 2.96. The van der Waals surface area contributed by atoms with Gasteiger partial charge in [-0.3, -0.25) is 4.90 Å². The number of carboxylic acids is 1. The van der Waals surface area contributed by atoms with E-state index in [4.69, 9.17) is 0 Å². The third kappa shape index (κ3) is 6.33. The summed E-state index contributed by atoms with van der Waals surface area (Å²) in [5, 5.41) is 9.57. The summed E-state index contributed by atoms with van der Waals surface area (Å²) in [6.07, 6.45) is -14.3. The maximum Gasteiger partial charge on any atom is 0.416 e. The fourth-order valence-electron chi connectivity index (χ4n) is 4.89. The standard InChI is InChI=1S/C26H24F9NO2/c1-3-19(23(37)38)16-10-11-36(22(12-16)15-4-6-17(7-5-15)24(27,28)29)14(2)20-13-18(25(30,31)32)8-9-21(20)26(33,34)35/h4-9,13-14,22H,3,10-12H2,1-2H3,(H,37,38)/b19-16+/t14-,22-/m0/s1. The minimum Gasteiger partial charge on any atom is -0.478 e. The van der Waals surface area contributed by atoms with Crippen LogP contribution in [0.25, 0.3) is 0 Å². The first-order valence-corrected chi connectivity index (χ1v) is 11.6. The number of benzene rings is 2. The lowest BCUT2D eigenvalue weighted by molar-refractivity contribution is -0.142. The molecule has 12 heteroatoms. The zero-order valence-electron chi connectivity index (χ0n) is 20.2. The van der Waals surface area contributed by atoms with Crippen molar-refractivity contribution in [3.63, 3.8) is 0 Å². The minimum atomic E-state index is -4.96. The number of halogens is 9. The highest BCUT2D eigenvalue weighted by Gasteiger charge is 2.41. The van der Waals surface area contributed by atoms with E-state index in [2.05, 4.69) is 0 Å². The van der Waals surface area contributed by atoms with Crippen molar-refractivity contribution in [2.24, 2.45) is 0 Å². The number of likely N-dealkylation sites (tertiary alicyclic amines) is 1. The molecule has 0 aromatic heterocycles. The van der Waals surface area contributed by atoms with Crippen LogP contribution in [0.15, 0.2) is 53.6 Å². The molecule has 0 spiro atoms. The monoisotopic (exact) mass is 553 g/mol. The Morgan fingerprint density at radius 2 is 1.47 bits per heavy atom. The molecule has 3 rings (SSSR count). The van der Waals surface area contributed by atoms with E-state index < -0.39 is 58.8 Å². The second-order valence-electron chi connectivity index (χ2n) is 9.04. The van der Waals surface area contributed by atoms with Crippen LogP contribution in [-0.4, -0.2) is 22.5 Å². The van der Waals surface area contributed by atoms with E-state index in [1.165, 1.54) is 11.8 Å². The van der Waals surface area contributed by atoms with Gasteiger partial charge in [-0.2, -0.15) is 39.5 Å².